The molecule has 30 heavy (non-hydrogen) atoms. The average molecular weight is 500 g/mol. The zero-order chi connectivity index (χ0) is 21.7. The van der Waals surface area contributed by atoms with Crippen molar-refractivity contribution in [3.63, 3.8) is 0 Å². The molecule has 4 rings (SSSR count). The van der Waals surface area contributed by atoms with Gasteiger partial charge in [-0.05, 0) is 50.3 Å². The summed E-state index contributed by atoms with van der Waals surface area (Å²) in [5, 5.41) is 2.60. The summed E-state index contributed by atoms with van der Waals surface area (Å²) < 4.78 is 58.9. The van der Waals surface area contributed by atoms with Gasteiger partial charge < -0.3 is 9.88 Å². The summed E-state index contributed by atoms with van der Waals surface area (Å²) in [6.07, 6.45) is 3.73. The zero-order valence-corrected chi connectivity index (χ0v) is 18.4. The summed E-state index contributed by atoms with van der Waals surface area (Å²) in [4.78, 5) is 12.5. The van der Waals surface area contributed by atoms with E-state index in [1.807, 2.05) is 0 Å². The van der Waals surface area contributed by atoms with Gasteiger partial charge in [0.1, 0.15) is 11.5 Å². The smallest absolute Gasteiger partial charge is 0.289 e. The number of pyridine rings is 1. The normalized spacial score (nSPS) is 16.8. The number of anilines is 3. The third-order valence-electron chi connectivity index (χ3n) is 5.63. The van der Waals surface area contributed by atoms with Gasteiger partial charge in [-0.25, -0.2) is 12.8 Å². The monoisotopic (exact) mass is 499 g/mol. The molecule has 1 saturated carbocycles. The van der Waals surface area contributed by atoms with Crippen LogP contribution in [0.2, 0.25) is 0 Å². The number of allylic oxidation sites excluding steroid dienone is 1. The first-order chi connectivity index (χ1) is 14.2. The summed E-state index contributed by atoms with van der Waals surface area (Å²) in [5.74, 6) is -1.84. The van der Waals surface area contributed by atoms with Gasteiger partial charge in [0.15, 0.2) is 0 Å². The molecule has 0 saturated heterocycles. The van der Waals surface area contributed by atoms with Crippen LogP contribution in [0.3, 0.4) is 0 Å². The molecule has 1 aromatic carbocycles. The minimum atomic E-state index is -3.89. The van der Waals surface area contributed by atoms with Crippen molar-refractivity contribution in [1.82, 2.24) is 4.57 Å². The lowest BCUT2D eigenvalue weighted by atomic mass is 10.2. The predicted molar refractivity (Wildman–Crippen MR) is 116 cm³/mol. The third kappa shape index (κ3) is 3.45. The van der Waals surface area contributed by atoms with Crippen molar-refractivity contribution in [3.8, 4) is 0 Å². The molecule has 2 heterocycles. The second-order valence-corrected chi connectivity index (χ2v) is 10.6. The number of sulfonamides is 1. The third-order valence-corrected chi connectivity index (χ3v) is 8.31. The Morgan fingerprint density at radius 2 is 2.00 bits per heavy atom. The van der Waals surface area contributed by atoms with E-state index in [-0.39, 0.29) is 23.5 Å². The first-order valence-corrected chi connectivity index (χ1v) is 11.8. The second kappa shape index (κ2) is 7.49. The Morgan fingerprint density at radius 3 is 2.63 bits per heavy atom. The van der Waals surface area contributed by atoms with Crippen molar-refractivity contribution in [2.24, 2.45) is 0 Å². The molecule has 1 fully saturated rings. The first-order valence-electron chi connectivity index (χ1n) is 9.49. The van der Waals surface area contributed by atoms with Crippen LogP contribution in [0.4, 0.5) is 25.8 Å². The lowest BCUT2D eigenvalue weighted by molar-refractivity contribution is 0.578. The Morgan fingerprint density at radius 1 is 1.27 bits per heavy atom. The molecule has 0 spiro atoms. The quantitative estimate of drug-likeness (QED) is 0.552. The second-order valence-electron chi connectivity index (χ2n) is 7.60. The molecule has 1 aromatic heterocycles. The molecule has 0 amide bonds. The molecular weight excluding hydrogens is 480 g/mol. The van der Waals surface area contributed by atoms with Crippen molar-refractivity contribution in [2.75, 3.05) is 10.0 Å². The number of hydrogen-bond donors (Lipinski definition) is 2. The van der Waals surface area contributed by atoms with Crippen molar-refractivity contribution in [3.05, 3.63) is 63.0 Å². The highest BCUT2D eigenvalue weighted by Crippen LogP contribution is 2.48. The van der Waals surface area contributed by atoms with E-state index in [1.165, 1.54) is 16.7 Å². The maximum Gasteiger partial charge on any atom is 0.289 e. The van der Waals surface area contributed by atoms with Gasteiger partial charge in [0.2, 0.25) is 15.8 Å². The topological polar surface area (TPSA) is 80.2 Å². The summed E-state index contributed by atoms with van der Waals surface area (Å²) in [6.45, 7) is 3.92. The maximum absolute atomic E-state index is 15.1. The first kappa shape index (κ1) is 21.0. The fourth-order valence-corrected chi connectivity index (χ4v) is 5.83. The van der Waals surface area contributed by atoms with Gasteiger partial charge in [0, 0.05) is 16.7 Å². The number of benzene rings is 1. The Balaban J connectivity index is 1.85. The fourth-order valence-electron chi connectivity index (χ4n) is 3.82. The molecule has 2 aliphatic rings. The summed E-state index contributed by atoms with van der Waals surface area (Å²) in [7, 11) is -3.89. The average Bonchev–Trinajstić information content (AvgIpc) is 3.32. The number of aromatic nitrogens is 1. The van der Waals surface area contributed by atoms with Gasteiger partial charge in [-0.1, -0.05) is 22.0 Å². The molecule has 1 aliphatic heterocycles. The Labute approximate surface area is 181 Å². The molecular formula is C20H20BrF2N3O3S. The molecule has 0 unspecified atom stereocenters. The largest absolute Gasteiger partial charge is 0.349 e. The number of rotatable bonds is 7. The van der Waals surface area contributed by atoms with Crippen LogP contribution in [0.1, 0.15) is 31.4 Å². The van der Waals surface area contributed by atoms with Crippen LogP contribution < -0.4 is 15.6 Å². The number of hydrogen-bond acceptors (Lipinski definition) is 4. The fraction of sp³-hybridized carbons (Fsp3) is 0.350. The number of fused-ring (bicyclic) bond motifs is 1. The summed E-state index contributed by atoms with van der Waals surface area (Å²) >= 11 is 3.15. The van der Waals surface area contributed by atoms with Crippen molar-refractivity contribution < 1.29 is 17.2 Å². The van der Waals surface area contributed by atoms with E-state index in [1.54, 1.807) is 12.1 Å². The number of nitrogens with zero attached hydrogens (tertiary/aromatic N) is 1. The van der Waals surface area contributed by atoms with Gasteiger partial charge in [-0.2, -0.15) is 4.39 Å². The van der Waals surface area contributed by atoms with Crippen LogP contribution in [-0.4, -0.2) is 17.7 Å². The van der Waals surface area contributed by atoms with Gasteiger partial charge in [0.25, 0.3) is 5.56 Å². The molecule has 6 nitrogen and oxygen atoms in total. The molecule has 10 heteroatoms. The minimum absolute atomic E-state index is 0.0396. The molecule has 2 aromatic rings. The lowest BCUT2D eigenvalue weighted by Gasteiger charge is -2.22. The maximum atomic E-state index is 15.1. The van der Waals surface area contributed by atoms with E-state index in [9.17, 15) is 17.6 Å². The van der Waals surface area contributed by atoms with Crippen LogP contribution in [0.5, 0.6) is 0 Å². The van der Waals surface area contributed by atoms with Crippen LogP contribution in [0.25, 0.3) is 0 Å². The van der Waals surface area contributed by atoms with Gasteiger partial charge >= 0.3 is 0 Å². The van der Waals surface area contributed by atoms with E-state index in [0.717, 1.165) is 0 Å². The van der Waals surface area contributed by atoms with E-state index in [0.29, 0.717) is 42.4 Å². The summed E-state index contributed by atoms with van der Waals surface area (Å²) in [5.41, 5.74) is -0.959. The molecule has 0 radical (unpaired) electrons. The SMILES string of the molecule is C=CCC1(S(=O)(=O)Nc2c(Nc3ccc(Br)cc3F)c(F)c(=O)n3c2CCC3)CC1. The molecule has 0 atom stereocenters. The highest BCUT2D eigenvalue weighted by Gasteiger charge is 2.54. The van der Waals surface area contributed by atoms with E-state index < -0.39 is 32.0 Å². The van der Waals surface area contributed by atoms with E-state index in [2.05, 4.69) is 32.5 Å². The minimum Gasteiger partial charge on any atom is -0.349 e. The molecule has 0 bridgehead atoms. The molecule has 2 N–H and O–H groups in total. The number of halogens is 3. The Kier molecular flexibility index (Phi) is 5.26. The van der Waals surface area contributed by atoms with Gasteiger partial charge in [0.05, 0.1) is 16.1 Å². The van der Waals surface area contributed by atoms with E-state index in [4.69, 9.17) is 0 Å². The highest BCUT2D eigenvalue weighted by molar-refractivity contribution is 9.10. The standard InChI is InChI=1S/C20H20BrF2N3O3S/c1-2-7-20(8-9-20)30(28,29)25-17-15-4-3-10-26(15)19(27)16(23)18(17)24-14-6-5-12(21)11-13(14)22/h2,5-6,11,24-25H,1,3-4,7-10H2. The molecule has 1 aliphatic carbocycles. The molecule has 160 valence electrons. The Bertz CT molecular complexity index is 1210. The van der Waals surface area contributed by atoms with Crippen LogP contribution in [0.15, 0.2) is 40.1 Å². The lowest BCUT2D eigenvalue weighted by Crippen LogP contribution is -2.32. The van der Waals surface area contributed by atoms with Crippen molar-refractivity contribution >= 4 is 43.0 Å². The van der Waals surface area contributed by atoms with Crippen LogP contribution >= 0.6 is 15.9 Å². The van der Waals surface area contributed by atoms with Crippen molar-refractivity contribution in [1.29, 1.82) is 0 Å². The van der Waals surface area contributed by atoms with E-state index >= 15 is 4.39 Å². The van der Waals surface area contributed by atoms with Gasteiger partial charge in [-0.3, -0.25) is 9.52 Å². The Hall–Kier alpha value is -2.20. The van der Waals surface area contributed by atoms with Crippen LogP contribution in [-0.2, 0) is 23.0 Å². The predicted octanol–water partition coefficient (Wildman–Crippen LogP) is 4.43. The van der Waals surface area contributed by atoms with Gasteiger partial charge in [-0.15, -0.1) is 6.58 Å². The highest BCUT2D eigenvalue weighted by atomic mass is 79.9. The number of nitrogens with one attached hydrogen (secondary N) is 2. The zero-order valence-electron chi connectivity index (χ0n) is 16.0. The van der Waals surface area contributed by atoms with Crippen molar-refractivity contribution in [2.45, 2.75) is 43.4 Å². The van der Waals surface area contributed by atoms with Crippen LogP contribution in [0, 0.1) is 11.6 Å². The summed E-state index contributed by atoms with van der Waals surface area (Å²) in [6, 6.07) is 4.12.